The van der Waals surface area contributed by atoms with Crippen LogP contribution in [0.1, 0.15) is 39.8 Å². The molecule has 11 rings (SSSR count). The van der Waals surface area contributed by atoms with E-state index in [0.29, 0.717) is 11.8 Å². The predicted molar refractivity (Wildman–Crippen MR) is 188 cm³/mol. The van der Waals surface area contributed by atoms with Crippen molar-refractivity contribution < 1.29 is 0 Å². The Morgan fingerprint density at radius 3 is 1.98 bits per heavy atom. The summed E-state index contributed by atoms with van der Waals surface area (Å²) >= 11 is 0. The third-order valence-electron chi connectivity index (χ3n) is 11.4. The van der Waals surface area contributed by atoms with Gasteiger partial charge in [-0.15, -0.1) is 0 Å². The zero-order valence-electron chi connectivity index (χ0n) is 25.4. The van der Waals surface area contributed by atoms with Crippen LogP contribution in [0.4, 0.5) is 11.4 Å². The fourth-order valence-electron chi connectivity index (χ4n) is 9.46. The smallest absolute Gasteiger partial charge is 0.0723 e. The standard InChI is InChI=1S/C45H31N/c1-3-12-31(13-4-1)46(32-14-5-2-6-15-32)43-27-42-44(38-26-37(38)43)36-21-19-28-23-29-11-7-8-16-33(29)30-20-22-35-34-17-9-10-18-39(34)45(42,40(36)24-28)41(35)25-30/h1-22,24-25,27,37-38H,23,26H2. The number of allylic oxidation sites excluding steroid dienone is 4. The fraction of sp³-hybridized carbons (Fsp3) is 0.111. The van der Waals surface area contributed by atoms with Crippen molar-refractivity contribution in [3.05, 3.63) is 196 Å². The van der Waals surface area contributed by atoms with E-state index in [4.69, 9.17) is 0 Å². The van der Waals surface area contributed by atoms with Crippen LogP contribution in [0.2, 0.25) is 0 Å². The molecule has 1 spiro atoms. The molecule has 3 atom stereocenters. The Hall–Kier alpha value is -5.40. The molecule has 1 saturated carbocycles. The largest absolute Gasteiger partial charge is 0.314 e. The molecule has 1 heteroatoms. The highest BCUT2D eigenvalue weighted by atomic mass is 15.2. The minimum absolute atomic E-state index is 0.341. The second-order valence-corrected chi connectivity index (χ2v) is 13.6. The number of para-hydroxylation sites is 2. The molecule has 0 N–H and O–H groups in total. The first-order valence-corrected chi connectivity index (χ1v) is 16.6. The minimum atomic E-state index is -0.341. The van der Waals surface area contributed by atoms with Gasteiger partial charge in [-0.1, -0.05) is 115 Å². The molecule has 0 aromatic heterocycles. The van der Waals surface area contributed by atoms with Crippen molar-refractivity contribution in [3.63, 3.8) is 0 Å². The van der Waals surface area contributed by atoms with Crippen molar-refractivity contribution in [2.75, 3.05) is 4.90 Å². The number of hydrogen-bond acceptors (Lipinski definition) is 1. The van der Waals surface area contributed by atoms with Gasteiger partial charge in [0.15, 0.2) is 0 Å². The van der Waals surface area contributed by atoms with Crippen LogP contribution < -0.4 is 4.90 Å². The summed E-state index contributed by atoms with van der Waals surface area (Å²) in [5.41, 5.74) is 20.6. The fourth-order valence-corrected chi connectivity index (χ4v) is 9.46. The zero-order valence-corrected chi connectivity index (χ0v) is 25.4. The number of fused-ring (bicyclic) bond motifs is 9. The maximum Gasteiger partial charge on any atom is 0.0723 e. The maximum absolute atomic E-state index is 2.63. The van der Waals surface area contributed by atoms with E-state index in [1.807, 2.05) is 0 Å². The molecule has 0 heterocycles. The third-order valence-corrected chi connectivity index (χ3v) is 11.4. The van der Waals surface area contributed by atoms with Crippen LogP contribution in [0.3, 0.4) is 0 Å². The summed E-state index contributed by atoms with van der Waals surface area (Å²) in [4.78, 5) is 2.54. The molecule has 1 nitrogen and oxygen atoms in total. The summed E-state index contributed by atoms with van der Waals surface area (Å²) in [6.45, 7) is 0. The van der Waals surface area contributed by atoms with E-state index in [9.17, 15) is 0 Å². The average Bonchev–Trinajstić information content (AvgIpc) is 3.79. The Kier molecular flexibility index (Phi) is 4.79. The second kappa shape index (κ2) is 8.86. The van der Waals surface area contributed by atoms with Gasteiger partial charge in [0, 0.05) is 23.0 Å². The zero-order chi connectivity index (χ0) is 30.0. The van der Waals surface area contributed by atoms with Gasteiger partial charge in [0.25, 0.3) is 0 Å². The molecule has 46 heavy (non-hydrogen) atoms. The molecule has 4 bridgehead atoms. The van der Waals surface area contributed by atoms with Gasteiger partial charge in [0.1, 0.15) is 0 Å². The molecular weight excluding hydrogens is 555 g/mol. The third kappa shape index (κ3) is 3.10. The lowest BCUT2D eigenvalue weighted by Gasteiger charge is -2.36. The summed E-state index contributed by atoms with van der Waals surface area (Å²) in [6.07, 6.45) is 4.76. The van der Waals surface area contributed by atoms with E-state index in [2.05, 4.69) is 157 Å². The summed E-state index contributed by atoms with van der Waals surface area (Å²) in [6, 6.07) is 55.0. The lowest BCUT2D eigenvalue weighted by atomic mass is 9.68. The summed E-state index contributed by atoms with van der Waals surface area (Å²) in [5.74, 6) is 1.03. The molecule has 216 valence electrons. The quantitative estimate of drug-likeness (QED) is 0.200. The Morgan fingerprint density at radius 2 is 1.17 bits per heavy atom. The summed E-state index contributed by atoms with van der Waals surface area (Å²) in [7, 11) is 0. The number of hydrogen-bond donors (Lipinski definition) is 0. The van der Waals surface area contributed by atoms with Crippen LogP contribution in [-0.4, -0.2) is 0 Å². The molecule has 6 aromatic carbocycles. The summed E-state index contributed by atoms with van der Waals surface area (Å²) < 4.78 is 0. The number of nitrogens with zero attached hydrogens (tertiary/aromatic N) is 1. The lowest BCUT2D eigenvalue weighted by molar-refractivity contribution is 0.766. The van der Waals surface area contributed by atoms with Gasteiger partial charge in [0.05, 0.1) is 5.41 Å². The molecule has 0 saturated heterocycles. The molecule has 5 aliphatic carbocycles. The summed E-state index contributed by atoms with van der Waals surface area (Å²) in [5, 5.41) is 0. The van der Waals surface area contributed by atoms with Crippen LogP contribution in [0.25, 0.3) is 27.8 Å². The van der Waals surface area contributed by atoms with Crippen molar-refractivity contribution in [3.8, 4) is 22.3 Å². The van der Waals surface area contributed by atoms with E-state index in [1.165, 1.54) is 84.7 Å². The van der Waals surface area contributed by atoms with Crippen molar-refractivity contribution >= 4 is 16.9 Å². The van der Waals surface area contributed by atoms with E-state index in [1.54, 1.807) is 5.57 Å². The first-order valence-electron chi connectivity index (χ1n) is 16.6. The van der Waals surface area contributed by atoms with Crippen LogP contribution in [0, 0.1) is 11.8 Å². The Morgan fingerprint density at radius 1 is 0.522 bits per heavy atom. The molecule has 3 unspecified atom stereocenters. The Balaban J connectivity index is 1.25. The Bertz CT molecular complexity index is 2290. The molecular formula is C45H31N. The van der Waals surface area contributed by atoms with Crippen LogP contribution >= 0.6 is 0 Å². The van der Waals surface area contributed by atoms with Crippen molar-refractivity contribution in [2.24, 2.45) is 11.8 Å². The highest BCUT2D eigenvalue weighted by Gasteiger charge is 2.59. The first kappa shape index (κ1) is 24.9. The maximum atomic E-state index is 2.63. The van der Waals surface area contributed by atoms with Gasteiger partial charge in [0.2, 0.25) is 0 Å². The SMILES string of the molecule is C1=C(N(c2ccccc2)c2ccccc2)C2CC2C2=C1C13c4cc(ccc42)Cc2ccccc2-c2ccc(c1c2)-c1ccccc13. The lowest BCUT2D eigenvalue weighted by Crippen LogP contribution is -2.29. The highest BCUT2D eigenvalue weighted by molar-refractivity contribution is 5.99. The topological polar surface area (TPSA) is 3.24 Å². The molecule has 1 fully saturated rings. The Labute approximate surface area is 269 Å². The van der Waals surface area contributed by atoms with Crippen LogP contribution in [0.15, 0.2) is 163 Å². The van der Waals surface area contributed by atoms with Crippen molar-refractivity contribution in [1.82, 2.24) is 0 Å². The van der Waals surface area contributed by atoms with Crippen molar-refractivity contribution in [1.29, 1.82) is 0 Å². The van der Waals surface area contributed by atoms with Gasteiger partial charge >= 0.3 is 0 Å². The minimum Gasteiger partial charge on any atom is -0.314 e. The van der Waals surface area contributed by atoms with Crippen LogP contribution in [0.5, 0.6) is 0 Å². The predicted octanol–water partition coefficient (Wildman–Crippen LogP) is 10.7. The van der Waals surface area contributed by atoms with E-state index < -0.39 is 0 Å². The number of rotatable bonds is 3. The monoisotopic (exact) mass is 585 g/mol. The van der Waals surface area contributed by atoms with Gasteiger partial charge in [-0.3, -0.25) is 0 Å². The van der Waals surface area contributed by atoms with Crippen molar-refractivity contribution in [2.45, 2.75) is 18.3 Å². The molecule has 6 aromatic rings. The van der Waals surface area contributed by atoms with Gasteiger partial charge in [-0.25, -0.2) is 0 Å². The number of benzene rings is 6. The van der Waals surface area contributed by atoms with E-state index in [0.717, 1.165) is 6.42 Å². The highest BCUT2D eigenvalue weighted by Crippen LogP contribution is 2.70. The first-order chi connectivity index (χ1) is 22.8. The van der Waals surface area contributed by atoms with Gasteiger partial charge < -0.3 is 4.90 Å². The molecule has 0 aliphatic heterocycles. The molecule has 0 amide bonds. The molecule has 0 radical (unpaired) electrons. The van der Waals surface area contributed by atoms with Crippen LogP contribution in [-0.2, 0) is 11.8 Å². The normalized spacial score (nSPS) is 21.9. The number of anilines is 2. The van der Waals surface area contributed by atoms with Gasteiger partial charge in [-0.05, 0) is 122 Å². The van der Waals surface area contributed by atoms with E-state index in [-0.39, 0.29) is 5.41 Å². The molecule has 5 aliphatic rings. The van der Waals surface area contributed by atoms with Gasteiger partial charge in [-0.2, -0.15) is 0 Å². The average molecular weight is 586 g/mol. The van der Waals surface area contributed by atoms with E-state index >= 15 is 0 Å². The second-order valence-electron chi connectivity index (χ2n) is 13.6.